The van der Waals surface area contributed by atoms with Crippen LogP contribution in [0.15, 0.2) is 60.8 Å². The first-order valence-electron chi connectivity index (χ1n) is 13.9. The number of pyridine rings is 1. The summed E-state index contributed by atoms with van der Waals surface area (Å²) >= 11 is 0. The molecule has 4 aromatic rings. The minimum atomic E-state index is -1.13. The number of ether oxygens (including phenoxy) is 1. The fourth-order valence-corrected chi connectivity index (χ4v) is 5.47. The van der Waals surface area contributed by atoms with E-state index in [4.69, 9.17) is 9.72 Å². The summed E-state index contributed by atoms with van der Waals surface area (Å²) in [6.45, 7) is 13.7. The fraction of sp³-hybridized carbons (Fsp3) is 0.394. The standard InChI is InChI=1S/C33H38FN3O3/c1-21-17-27-35-26(24-11-7-9-22(18-24)23-10-8-12-25(34)19-23)20-37(27)30(36-15-13-33(5,6)14-16-36)28(21)29(31(38)39)40-32(2,3)4/h7-12,17-20,29H,13-16H2,1-6H3,(H,38,39). The molecule has 0 amide bonds. The van der Waals surface area contributed by atoms with Crippen LogP contribution in [0.4, 0.5) is 10.2 Å². The number of halogens is 1. The van der Waals surface area contributed by atoms with Crippen LogP contribution in [-0.2, 0) is 9.53 Å². The molecular weight excluding hydrogens is 505 g/mol. The van der Waals surface area contributed by atoms with Crippen LogP contribution < -0.4 is 4.90 Å². The minimum absolute atomic E-state index is 0.227. The number of carbonyl (C=O) groups is 1. The Morgan fingerprint density at radius 3 is 2.27 bits per heavy atom. The number of anilines is 1. The summed E-state index contributed by atoms with van der Waals surface area (Å²) in [5, 5.41) is 10.3. The van der Waals surface area contributed by atoms with Gasteiger partial charge in [0.05, 0.1) is 11.3 Å². The molecule has 1 atom stereocenters. The first-order chi connectivity index (χ1) is 18.8. The third-order valence-corrected chi connectivity index (χ3v) is 7.66. The molecule has 0 aliphatic carbocycles. The van der Waals surface area contributed by atoms with Crippen molar-refractivity contribution in [3.8, 4) is 22.4 Å². The second-order valence-corrected chi connectivity index (χ2v) is 12.6. The van der Waals surface area contributed by atoms with Crippen LogP contribution in [0.1, 0.15) is 64.7 Å². The number of imidazole rings is 1. The van der Waals surface area contributed by atoms with Crippen molar-refractivity contribution in [2.24, 2.45) is 5.41 Å². The molecule has 0 spiro atoms. The number of carboxylic acid groups (broad SMARTS) is 1. The van der Waals surface area contributed by atoms with Crippen molar-refractivity contribution in [1.82, 2.24) is 9.38 Å². The molecule has 0 saturated carbocycles. The number of carboxylic acids is 1. The third-order valence-electron chi connectivity index (χ3n) is 7.66. The molecule has 1 aliphatic rings. The SMILES string of the molecule is Cc1cc2nc(-c3cccc(-c4cccc(F)c4)c3)cn2c(N2CCC(C)(C)CC2)c1C(OC(C)(C)C)C(=O)O. The topological polar surface area (TPSA) is 67.1 Å². The summed E-state index contributed by atoms with van der Waals surface area (Å²) < 4.78 is 22.1. The van der Waals surface area contributed by atoms with Gasteiger partial charge in [0.15, 0.2) is 6.10 Å². The highest BCUT2D eigenvalue weighted by atomic mass is 19.1. The van der Waals surface area contributed by atoms with Crippen LogP contribution in [0.5, 0.6) is 0 Å². The van der Waals surface area contributed by atoms with E-state index in [2.05, 4.69) is 18.7 Å². The maximum absolute atomic E-state index is 13.9. The van der Waals surface area contributed by atoms with Gasteiger partial charge in [-0.15, -0.1) is 0 Å². The van der Waals surface area contributed by atoms with Gasteiger partial charge in [0.1, 0.15) is 17.3 Å². The Kier molecular flexibility index (Phi) is 7.21. The molecule has 1 aliphatic heterocycles. The molecule has 7 heteroatoms. The van der Waals surface area contributed by atoms with Crippen molar-refractivity contribution in [3.63, 3.8) is 0 Å². The lowest BCUT2D eigenvalue weighted by atomic mass is 9.82. The van der Waals surface area contributed by atoms with Gasteiger partial charge in [-0.25, -0.2) is 14.2 Å². The molecule has 3 heterocycles. The summed E-state index contributed by atoms with van der Waals surface area (Å²) in [7, 11) is 0. The van der Waals surface area contributed by atoms with E-state index < -0.39 is 17.7 Å². The largest absolute Gasteiger partial charge is 0.479 e. The van der Waals surface area contributed by atoms with Gasteiger partial charge in [-0.3, -0.25) is 4.40 Å². The van der Waals surface area contributed by atoms with Gasteiger partial charge in [0.25, 0.3) is 0 Å². The average Bonchev–Trinajstić information content (AvgIpc) is 3.30. The van der Waals surface area contributed by atoms with Gasteiger partial charge in [0.2, 0.25) is 0 Å². The molecule has 1 N–H and O–H groups in total. The molecule has 2 aromatic heterocycles. The van der Waals surface area contributed by atoms with E-state index in [1.807, 2.05) is 74.7 Å². The number of fused-ring (bicyclic) bond motifs is 1. The van der Waals surface area contributed by atoms with Gasteiger partial charge in [-0.2, -0.15) is 0 Å². The summed E-state index contributed by atoms with van der Waals surface area (Å²) in [6.07, 6.45) is 2.85. The zero-order chi connectivity index (χ0) is 28.8. The highest BCUT2D eigenvalue weighted by Crippen LogP contribution is 2.40. The Bertz CT molecular complexity index is 1560. The maximum atomic E-state index is 13.9. The zero-order valence-electron chi connectivity index (χ0n) is 24.2. The van der Waals surface area contributed by atoms with Crippen LogP contribution in [0, 0.1) is 18.2 Å². The normalized spacial score (nSPS) is 16.3. The average molecular weight is 544 g/mol. The number of rotatable bonds is 6. The summed E-state index contributed by atoms with van der Waals surface area (Å²) in [5.41, 5.74) is 5.16. The van der Waals surface area contributed by atoms with Crippen molar-refractivity contribution in [3.05, 3.63) is 77.7 Å². The molecule has 210 valence electrons. The van der Waals surface area contributed by atoms with Crippen LogP contribution in [0.3, 0.4) is 0 Å². The number of hydrogen-bond acceptors (Lipinski definition) is 4. The van der Waals surface area contributed by atoms with Crippen LogP contribution in [-0.4, -0.2) is 39.2 Å². The number of aliphatic carboxylic acids is 1. The minimum Gasteiger partial charge on any atom is -0.479 e. The summed E-state index contributed by atoms with van der Waals surface area (Å²) in [4.78, 5) is 19.9. The van der Waals surface area contributed by atoms with Gasteiger partial charge >= 0.3 is 5.97 Å². The molecule has 2 aromatic carbocycles. The quantitative estimate of drug-likeness (QED) is 0.270. The van der Waals surface area contributed by atoms with E-state index in [-0.39, 0.29) is 11.2 Å². The zero-order valence-corrected chi connectivity index (χ0v) is 24.2. The number of aryl methyl sites for hydroxylation is 1. The monoisotopic (exact) mass is 543 g/mol. The third kappa shape index (κ3) is 5.75. The molecule has 40 heavy (non-hydrogen) atoms. The van der Waals surface area contributed by atoms with Crippen molar-refractivity contribution in [2.45, 2.75) is 66.1 Å². The number of aromatic nitrogens is 2. The molecule has 1 fully saturated rings. The number of piperidine rings is 1. The first-order valence-corrected chi connectivity index (χ1v) is 13.9. The molecular formula is C33H38FN3O3. The van der Waals surface area contributed by atoms with Crippen LogP contribution >= 0.6 is 0 Å². The predicted molar refractivity (Wildman–Crippen MR) is 157 cm³/mol. The molecule has 1 unspecified atom stereocenters. The van der Waals surface area contributed by atoms with E-state index in [1.165, 1.54) is 12.1 Å². The number of hydrogen-bond donors (Lipinski definition) is 1. The second-order valence-electron chi connectivity index (χ2n) is 12.6. The van der Waals surface area contributed by atoms with Crippen molar-refractivity contribution >= 4 is 17.4 Å². The smallest absolute Gasteiger partial charge is 0.337 e. The summed E-state index contributed by atoms with van der Waals surface area (Å²) in [5.74, 6) is -0.472. The molecule has 1 saturated heterocycles. The molecule has 6 nitrogen and oxygen atoms in total. The van der Waals surface area contributed by atoms with E-state index in [9.17, 15) is 14.3 Å². The number of benzene rings is 2. The highest BCUT2D eigenvalue weighted by molar-refractivity contribution is 5.80. The van der Waals surface area contributed by atoms with Crippen LogP contribution in [0.25, 0.3) is 28.0 Å². The van der Waals surface area contributed by atoms with Crippen molar-refractivity contribution in [1.29, 1.82) is 0 Å². The summed E-state index contributed by atoms with van der Waals surface area (Å²) in [6, 6.07) is 16.4. The lowest BCUT2D eigenvalue weighted by Gasteiger charge is -2.40. The Balaban J connectivity index is 1.68. The lowest BCUT2D eigenvalue weighted by molar-refractivity contribution is -0.160. The Labute approximate surface area is 235 Å². The molecule has 0 radical (unpaired) electrons. The fourth-order valence-electron chi connectivity index (χ4n) is 5.47. The second kappa shape index (κ2) is 10.4. The Morgan fingerprint density at radius 2 is 1.65 bits per heavy atom. The van der Waals surface area contributed by atoms with Crippen molar-refractivity contribution in [2.75, 3.05) is 18.0 Å². The predicted octanol–water partition coefficient (Wildman–Crippen LogP) is 7.68. The Morgan fingerprint density at radius 1 is 1.02 bits per heavy atom. The van der Waals surface area contributed by atoms with E-state index >= 15 is 0 Å². The van der Waals surface area contributed by atoms with Crippen molar-refractivity contribution < 1.29 is 19.0 Å². The molecule has 0 bridgehead atoms. The van der Waals surface area contributed by atoms with Gasteiger partial charge in [0, 0.05) is 30.4 Å². The lowest BCUT2D eigenvalue weighted by Crippen LogP contribution is -2.40. The van der Waals surface area contributed by atoms with E-state index in [0.29, 0.717) is 5.56 Å². The van der Waals surface area contributed by atoms with Crippen LogP contribution in [0.2, 0.25) is 0 Å². The first kappa shape index (κ1) is 27.8. The maximum Gasteiger partial charge on any atom is 0.337 e. The van der Waals surface area contributed by atoms with E-state index in [1.54, 1.807) is 6.07 Å². The molecule has 5 rings (SSSR count). The highest BCUT2D eigenvalue weighted by Gasteiger charge is 2.35. The van der Waals surface area contributed by atoms with Gasteiger partial charge in [-0.05, 0) is 86.9 Å². The van der Waals surface area contributed by atoms with Gasteiger partial charge in [-0.1, -0.05) is 44.2 Å². The number of nitrogens with zero attached hydrogens (tertiary/aromatic N) is 3. The van der Waals surface area contributed by atoms with E-state index in [0.717, 1.165) is 65.3 Å². The van der Waals surface area contributed by atoms with Gasteiger partial charge < -0.3 is 14.7 Å². The Hall–Kier alpha value is -3.71.